The van der Waals surface area contributed by atoms with Gasteiger partial charge in [0.1, 0.15) is 0 Å². The number of nitrogens with zero attached hydrogens (tertiary/aromatic N) is 3. The highest BCUT2D eigenvalue weighted by Crippen LogP contribution is 2.19. The highest BCUT2D eigenvalue weighted by molar-refractivity contribution is 7.71. The molecule has 0 bridgehead atoms. The van der Waals surface area contributed by atoms with E-state index in [1.54, 1.807) is 0 Å². The Kier molecular flexibility index (Phi) is 4.31. The van der Waals surface area contributed by atoms with Crippen molar-refractivity contribution in [1.29, 1.82) is 0 Å². The van der Waals surface area contributed by atoms with Gasteiger partial charge < -0.3 is 4.42 Å². The van der Waals surface area contributed by atoms with E-state index in [-0.39, 0.29) is 0 Å². The lowest BCUT2D eigenvalue weighted by Gasteiger charge is -2.34. The van der Waals surface area contributed by atoms with E-state index in [9.17, 15) is 0 Å². The Balaban J connectivity index is 1.41. The molecule has 1 aromatic carbocycles. The Morgan fingerprint density at radius 3 is 2.57 bits per heavy atom. The molecule has 23 heavy (non-hydrogen) atoms. The van der Waals surface area contributed by atoms with Crippen molar-refractivity contribution in [2.45, 2.75) is 13.2 Å². The summed E-state index contributed by atoms with van der Waals surface area (Å²) in [5, 5.41) is 2.15. The average molecular weight is 345 g/mol. The van der Waals surface area contributed by atoms with Crippen LogP contribution >= 0.6 is 23.6 Å². The second kappa shape index (κ2) is 6.57. The van der Waals surface area contributed by atoms with Gasteiger partial charge in [0.2, 0.25) is 0 Å². The third-order valence-electron chi connectivity index (χ3n) is 4.34. The predicted molar refractivity (Wildman–Crippen MR) is 96.2 cm³/mol. The van der Waals surface area contributed by atoms with Crippen LogP contribution in [-0.2, 0) is 13.2 Å². The van der Waals surface area contributed by atoms with Crippen molar-refractivity contribution in [1.82, 2.24) is 14.4 Å². The lowest BCUT2D eigenvalue weighted by atomic mass is 10.3. The topological polar surface area (TPSA) is 24.6 Å². The third-order valence-corrected chi connectivity index (χ3v) is 5.50. The fraction of sp³-hybridized carbons (Fsp3) is 0.353. The Labute approximate surface area is 144 Å². The van der Waals surface area contributed by atoms with Crippen molar-refractivity contribution in [3.8, 4) is 0 Å². The summed E-state index contributed by atoms with van der Waals surface area (Å²) in [4.78, 5) is 6.98. The van der Waals surface area contributed by atoms with Crippen LogP contribution in [0.2, 0.25) is 0 Å². The summed E-state index contributed by atoms with van der Waals surface area (Å²) in [7, 11) is 0. The maximum Gasteiger partial charge on any atom is 0.270 e. The van der Waals surface area contributed by atoms with Gasteiger partial charge in [-0.3, -0.25) is 14.4 Å². The SMILES string of the molecule is S=c1oc2ccccc2n1CN1CCN(Cc2cccs2)CC1. The highest BCUT2D eigenvalue weighted by Gasteiger charge is 2.18. The Hall–Kier alpha value is -1.47. The van der Waals surface area contributed by atoms with E-state index in [1.165, 1.54) is 4.88 Å². The molecule has 1 saturated heterocycles. The minimum Gasteiger partial charge on any atom is -0.429 e. The second-order valence-corrected chi connectivity index (χ2v) is 7.26. The van der Waals surface area contributed by atoms with E-state index in [0.29, 0.717) is 4.84 Å². The zero-order valence-corrected chi connectivity index (χ0v) is 14.5. The average Bonchev–Trinajstić information content (AvgIpc) is 3.18. The van der Waals surface area contributed by atoms with Gasteiger partial charge in [0.15, 0.2) is 5.58 Å². The van der Waals surface area contributed by atoms with Gasteiger partial charge in [-0.15, -0.1) is 11.3 Å². The van der Waals surface area contributed by atoms with E-state index < -0.39 is 0 Å². The number of oxazole rings is 1. The molecule has 1 aliphatic rings. The maximum absolute atomic E-state index is 5.67. The number of hydrogen-bond donors (Lipinski definition) is 0. The van der Waals surface area contributed by atoms with Crippen LogP contribution in [0.4, 0.5) is 0 Å². The summed E-state index contributed by atoms with van der Waals surface area (Å²) in [5.41, 5.74) is 1.95. The van der Waals surface area contributed by atoms with E-state index >= 15 is 0 Å². The number of hydrogen-bond acceptors (Lipinski definition) is 5. The van der Waals surface area contributed by atoms with Gasteiger partial charge >= 0.3 is 0 Å². The van der Waals surface area contributed by atoms with Crippen molar-refractivity contribution in [2.24, 2.45) is 0 Å². The highest BCUT2D eigenvalue weighted by atomic mass is 32.1. The second-order valence-electron chi connectivity index (χ2n) is 5.88. The first-order chi connectivity index (χ1) is 11.3. The third kappa shape index (κ3) is 3.26. The van der Waals surface area contributed by atoms with Crippen molar-refractivity contribution < 1.29 is 4.42 Å². The maximum atomic E-state index is 5.67. The molecular formula is C17H19N3OS2. The molecule has 0 radical (unpaired) electrons. The Morgan fingerprint density at radius 2 is 1.78 bits per heavy atom. The number of rotatable bonds is 4. The van der Waals surface area contributed by atoms with Crippen molar-refractivity contribution in [3.05, 3.63) is 51.5 Å². The minimum absolute atomic E-state index is 0.562. The van der Waals surface area contributed by atoms with Gasteiger partial charge in [-0.25, -0.2) is 0 Å². The van der Waals surface area contributed by atoms with Gasteiger partial charge in [-0.1, -0.05) is 18.2 Å². The quantitative estimate of drug-likeness (QED) is 0.672. The van der Waals surface area contributed by atoms with Gasteiger partial charge in [0, 0.05) is 37.6 Å². The van der Waals surface area contributed by atoms with Crippen LogP contribution in [0.5, 0.6) is 0 Å². The van der Waals surface area contributed by atoms with Gasteiger partial charge in [0.25, 0.3) is 4.84 Å². The standard InChI is InChI=1S/C17H19N3OS2/c22-17-20(15-5-1-2-6-16(15)21-17)13-19-9-7-18(8-10-19)12-14-4-3-11-23-14/h1-6,11H,7-10,12-13H2. The fourth-order valence-electron chi connectivity index (χ4n) is 3.06. The lowest BCUT2D eigenvalue weighted by molar-refractivity contribution is 0.103. The summed E-state index contributed by atoms with van der Waals surface area (Å²) in [6.45, 7) is 6.20. The molecule has 0 N–H and O–H groups in total. The fourth-order valence-corrected chi connectivity index (χ4v) is 4.05. The molecule has 0 aliphatic carbocycles. The molecule has 0 amide bonds. The molecular weight excluding hydrogens is 326 g/mol. The van der Waals surface area contributed by atoms with E-state index in [1.807, 2.05) is 29.5 Å². The van der Waals surface area contributed by atoms with Crippen LogP contribution in [-0.4, -0.2) is 40.5 Å². The minimum atomic E-state index is 0.562. The first-order valence-corrected chi connectivity index (χ1v) is 9.14. The van der Waals surface area contributed by atoms with E-state index in [2.05, 4.69) is 37.9 Å². The number of benzene rings is 1. The Morgan fingerprint density at radius 1 is 1.00 bits per heavy atom. The number of fused-ring (bicyclic) bond motifs is 1. The molecule has 6 heteroatoms. The summed E-state index contributed by atoms with van der Waals surface area (Å²) in [6.07, 6.45) is 0. The Bertz CT molecular complexity index is 829. The van der Waals surface area contributed by atoms with Crippen LogP contribution in [0, 0.1) is 4.84 Å². The molecule has 4 rings (SSSR count). The first kappa shape index (κ1) is 15.1. The van der Waals surface area contributed by atoms with Gasteiger partial charge in [-0.2, -0.15) is 0 Å². The number of thiophene rings is 1. The van der Waals surface area contributed by atoms with Crippen molar-refractivity contribution in [2.75, 3.05) is 26.2 Å². The van der Waals surface area contributed by atoms with Gasteiger partial charge in [0.05, 0.1) is 12.2 Å². The molecule has 120 valence electrons. The lowest BCUT2D eigenvalue weighted by Crippen LogP contribution is -2.46. The monoisotopic (exact) mass is 345 g/mol. The van der Waals surface area contributed by atoms with Crippen LogP contribution in [0.25, 0.3) is 11.1 Å². The summed E-state index contributed by atoms with van der Waals surface area (Å²) in [5.74, 6) is 0. The van der Waals surface area contributed by atoms with Crippen LogP contribution in [0.3, 0.4) is 0 Å². The number of piperazine rings is 1. The molecule has 0 saturated carbocycles. The van der Waals surface area contributed by atoms with Crippen LogP contribution in [0.1, 0.15) is 4.88 Å². The molecule has 0 atom stereocenters. The summed E-state index contributed by atoms with van der Waals surface area (Å²) in [6, 6.07) is 12.4. The summed E-state index contributed by atoms with van der Waals surface area (Å²) >= 11 is 7.22. The predicted octanol–water partition coefficient (Wildman–Crippen LogP) is 3.80. The molecule has 2 aromatic heterocycles. The zero-order chi connectivity index (χ0) is 15.6. The molecule has 1 fully saturated rings. The molecule has 3 heterocycles. The van der Waals surface area contributed by atoms with E-state index in [4.69, 9.17) is 16.6 Å². The molecule has 0 spiro atoms. The number of aromatic nitrogens is 1. The molecule has 4 nitrogen and oxygen atoms in total. The van der Waals surface area contributed by atoms with Crippen LogP contribution in [0.15, 0.2) is 46.2 Å². The van der Waals surface area contributed by atoms with Crippen LogP contribution < -0.4 is 0 Å². The van der Waals surface area contributed by atoms with E-state index in [0.717, 1.165) is 50.5 Å². The summed E-state index contributed by atoms with van der Waals surface area (Å²) < 4.78 is 7.77. The van der Waals surface area contributed by atoms with Gasteiger partial charge in [-0.05, 0) is 35.8 Å². The normalized spacial score (nSPS) is 17.0. The molecule has 1 aliphatic heterocycles. The number of para-hydroxylation sites is 2. The molecule has 3 aromatic rings. The van der Waals surface area contributed by atoms with Crippen molar-refractivity contribution in [3.63, 3.8) is 0 Å². The molecule has 0 unspecified atom stereocenters. The van der Waals surface area contributed by atoms with Crippen molar-refractivity contribution >= 4 is 34.7 Å². The zero-order valence-electron chi connectivity index (χ0n) is 12.9. The smallest absolute Gasteiger partial charge is 0.270 e. The largest absolute Gasteiger partial charge is 0.429 e. The first-order valence-electron chi connectivity index (χ1n) is 7.85.